The van der Waals surface area contributed by atoms with Crippen LogP contribution < -0.4 is 5.32 Å². The number of amides is 1. The minimum absolute atomic E-state index is 0.114. The molecular formula is C16H13ClN2O3. The average Bonchev–Trinajstić information content (AvgIpc) is 3.00. The van der Waals surface area contributed by atoms with Gasteiger partial charge >= 0.3 is 0 Å². The summed E-state index contributed by atoms with van der Waals surface area (Å²) in [6, 6.07) is 13.6. The van der Waals surface area contributed by atoms with E-state index in [1.54, 1.807) is 48.5 Å². The molecule has 0 saturated carbocycles. The number of hydrogen-bond donors (Lipinski definition) is 2. The maximum atomic E-state index is 12.2. The third-order valence-corrected chi connectivity index (χ3v) is 3.54. The van der Waals surface area contributed by atoms with Gasteiger partial charge in [0.1, 0.15) is 5.75 Å². The van der Waals surface area contributed by atoms with Gasteiger partial charge in [-0.3, -0.25) is 4.79 Å². The average molecular weight is 317 g/mol. The van der Waals surface area contributed by atoms with E-state index < -0.39 is 6.10 Å². The Kier molecular flexibility index (Phi) is 3.98. The van der Waals surface area contributed by atoms with Crippen molar-refractivity contribution in [3.05, 3.63) is 59.1 Å². The second kappa shape index (κ2) is 6.07. The maximum Gasteiger partial charge on any atom is 0.268 e. The standard InChI is InChI=1S/C16H13ClN2O3/c17-10-5-7-11(8-6-10)18-16(21)15-9-13(19-22-15)12-3-1-2-4-14(12)20/h1-8,15,20H,9H2,(H,18,21). The van der Waals surface area contributed by atoms with E-state index in [1.807, 2.05) is 0 Å². The lowest BCUT2D eigenvalue weighted by Crippen LogP contribution is -2.28. The van der Waals surface area contributed by atoms with Gasteiger partial charge in [-0.2, -0.15) is 0 Å². The number of para-hydroxylation sites is 1. The topological polar surface area (TPSA) is 70.9 Å². The summed E-state index contributed by atoms with van der Waals surface area (Å²) in [5, 5.41) is 17.0. The number of oxime groups is 1. The lowest BCUT2D eigenvalue weighted by Gasteiger charge is -2.09. The first kappa shape index (κ1) is 14.4. The Morgan fingerprint density at radius 2 is 1.95 bits per heavy atom. The van der Waals surface area contributed by atoms with Crippen LogP contribution in [-0.2, 0) is 9.63 Å². The van der Waals surface area contributed by atoms with E-state index in [2.05, 4.69) is 10.5 Å². The summed E-state index contributed by atoms with van der Waals surface area (Å²) in [7, 11) is 0. The van der Waals surface area contributed by atoms with Crippen LogP contribution in [0.5, 0.6) is 5.75 Å². The van der Waals surface area contributed by atoms with Gasteiger partial charge in [0.05, 0.1) is 5.71 Å². The Hall–Kier alpha value is -2.53. The quantitative estimate of drug-likeness (QED) is 0.913. The first-order chi connectivity index (χ1) is 10.6. The Balaban J connectivity index is 1.65. The highest BCUT2D eigenvalue weighted by Crippen LogP contribution is 2.24. The van der Waals surface area contributed by atoms with Gasteiger partial charge in [-0.25, -0.2) is 0 Å². The van der Waals surface area contributed by atoms with Crippen molar-refractivity contribution in [2.24, 2.45) is 5.16 Å². The summed E-state index contributed by atoms with van der Waals surface area (Å²) in [4.78, 5) is 17.3. The number of phenols is 1. The van der Waals surface area contributed by atoms with Crippen molar-refractivity contribution in [2.45, 2.75) is 12.5 Å². The fourth-order valence-corrected chi connectivity index (χ4v) is 2.28. The molecule has 3 rings (SSSR count). The highest BCUT2D eigenvalue weighted by molar-refractivity contribution is 6.30. The number of carbonyl (C=O) groups is 1. The SMILES string of the molecule is O=C(Nc1ccc(Cl)cc1)C1CC(c2ccccc2O)=NO1. The molecule has 2 aromatic rings. The van der Waals surface area contributed by atoms with Crippen LogP contribution in [0, 0.1) is 0 Å². The number of hydrogen-bond acceptors (Lipinski definition) is 4. The van der Waals surface area contributed by atoms with Gasteiger partial charge in [0.25, 0.3) is 5.91 Å². The molecule has 1 atom stereocenters. The second-order valence-electron chi connectivity index (χ2n) is 4.85. The number of phenolic OH excluding ortho intramolecular Hbond substituents is 1. The number of anilines is 1. The van der Waals surface area contributed by atoms with Crippen LogP contribution in [-0.4, -0.2) is 22.8 Å². The van der Waals surface area contributed by atoms with Crippen molar-refractivity contribution >= 4 is 28.9 Å². The summed E-state index contributed by atoms with van der Waals surface area (Å²) in [6.45, 7) is 0. The first-order valence-electron chi connectivity index (χ1n) is 6.71. The Labute approximate surface area is 132 Å². The predicted molar refractivity (Wildman–Crippen MR) is 84.2 cm³/mol. The number of rotatable bonds is 3. The van der Waals surface area contributed by atoms with E-state index in [1.165, 1.54) is 0 Å². The Morgan fingerprint density at radius 1 is 1.23 bits per heavy atom. The van der Waals surface area contributed by atoms with Crippen LogP contribution in [0.25, 0.3) is 0 Å². The first-order valence-corrected chi connectivity index (χ1v) is 7.09. The molecule has 6 heteroatoms. The van der Waals surface area contributed by atoms with E-state index in [0.29, 0.717) is 28.4 Å². The van der Waals surface area contributed by atoms with Crippen molar-refractivity contribution in [1.29, 1.82) is 0 Å². The van der Waals surface area contributed by atoms with Gasteiger partial charge in [-0.15, -0.1) is 0 Å². The van der Waals surface area contributed by atoms with Crippen LogP contribution in [0.1, 0.15) is 12.0 Å². The van der Waals surface area contributed by atoms with Gasteiger partial charge in [0.2, 0.25) is 6.10 Å². The fourth-order valence-electron chi connectivity index (χ4n) is 2.15. The number of nitrogens with one attached hydrogen (secondary N) is 1. The third-order valence-electron chi connectivity index (χ3n) is 3.29. The monoisotopic (exact) mass is 316 g/mol. The molecule has 2 N–H and O–H groups in total. The number of aromatic hydroxyl groups is 1. The molecule has 112 valence electrons. The third kappa shape index (κ3) is 3.04. The van der Waals surface area contributed by atoms with E-state index >= 15 is 0 Å². The van der Waals surface area contributed by atoms with Crippen molar-refractivity contribution in [3.63, 3.8) is 0 Å². The Bertz CT molecular complexity index is 728. The van der Waals surface area contributed by atoms with Gasteiger partial charge in [0, 0.05) is 22.7 Å². The molecule has 0 fully saturated rings. The van der Waals surface area contributed by atoms with Crippen LogP contribution in [0.3, 0.4) is 0 Å². The van der Waals surface area contributed by atoms with Crippen LogP contribution in [0.2, 0.25) is 5.02 Å². The molecule has 0 aromatic heterocycles. The fraction of sp³-hybridized carbons (Fsp3) is 0.125. The molecule has 0 radical (unpaired) electrons. The number of nitrogens with zero attached hydrogens (tertiary/aromatic N) is 1. The molecule has 22 heavy (non-hydrogen) atoms. The van der Waals surface area contributed by atoms with Crippen LogP contribution >= 0.6 is 11.6 Å². The van der Waals surface area contributed by atoms with Crippen LogP contribution in [0.15, 0.2) is 53.7 Å². The number of halogens is 1. The molecule has 5 nitrogen and oxygen atoms in total. The largest absolute Gasteiger partial charge is 0.507 e. The van der Waals surface area contributed by atoms with E-state index in [4.69, 9.17) is 16.4 Å². The van der Waals surface area contributed by atoms with Crippen molar-refractivity contribution in [1.82, 2.24) is 0 Å². The highest BCUT2D eigenvalue weighted by Gasteiger charge is 2.29. The van der Waals surface area contributed by atoms with Crippen molar-refractivity contribution < 1.29 is 14.7 Å². The highest BCUT2D eigenvalue weighted by atomic mass is 35.5. The van der Waals surface area contributed by atoms with Gasteiger partial charge in [-0.1, -0.05) is 28.9 Å². The molecule has 1 unspecified atom stereocenters. The van der Waals surface area contributed by atoms with Gasteiger partial charge in [0.15, 0.2) is 0 Å². The number of carbonyl (C=O) groups excluding carboxylic acids is 1. The van der Waals surface area contributed by atoms with E-state index in [-0.39, 0.29) is 11.7 Å². The summed E-state index contributed by atoms with van der Waals surface area (Å²) in [5.41, 5.74) is 1.76. The zero-order chi connectivity index (χ0) is 15.5. The molecule has 2 aromatic carbocycles. The smallest absolute Gasteiger partial charge is 0.268 e. The molecule has 1 aliphatic heterocycles. The summed E-state index contributed by atoms with van der Waals surface area (Å²) in [5.74, 6) is -0.180. The van der Waals surface area contributed by atoms with E-state index in [0.717, 1.165) is 0 Å². The number of benzene rings is 2. The van der Waals surface area contributed by atoms with Crippen molar-refractivity contribution in [2.75, 3.05) is 5.32 Å². The second-order valence-corrected chi connectivity index (χ2v) is 5.29. The molecule has 0 saturated heterocycles. The molecule has 0 spiro atoms. The molecule has 1 amide bonds. The molecule has 1 aliphatic rings. The maximum absolute atomic E-state index is 12.2. The molecule has 0 bridgehead atoms. The Morgan fingerprint density at radius 3 is 2.68 bits per heavy atom. The molecular weight excluding hydrogens is 304 g/mol. The van der Waals surface area contributed by atoms with Crippen LogP contribution in [0.4, 0.5) is 5.69 Å². The molecule has 1 heterocycles. The predicted octanol–water partition coefficient (Wildman–Crippen LogP) is 3.18. The minimum atomic E-state index is -0.717. The molecule has 0 aliphatic carbocycles. The lowest BCUT2D eigenvalue weighted by molar-refractivity contribution is -0.125. The zero-order valence-electron chi connectivity index (χ0n) is 11.5. The lowest BCUT2D eigenvalue weighted by atomic mass is 10.0. The van der Waals surface area contributed by atoms with E-state index in [9.17, 15) is 9.90 Å². The normalized spacial score (nSPS) is 16.8. The summed E-state index contributed by atoms with van der Waals surface area (Å²) >= 11 is 5.80. The summed E-state index contributed by atoms with van der Waals surface area (Å²) < 4.78 is 0. The van der Waals surface area contributed by atoms with Gasteiger partial charge in [-0.05, 0) is 36.4 Å². The summed E-state index contributed by atoms with van der Waals surface area (Å²) in [6.07, 6.45) is -0.415. The minimum Gasteiger partial charge on any atom is -0.507 e. The zero-order valence-corrected chi connectivity index (χ0v) is 12.2. The van der Waals surface area contributed by atoms with Crippen molar-refractivity contribution in [3.8, 4) is 5.75 Å². The van der Waals surface area contributed by atoms with Gasteiger partial charge < -0.3 is 15.3 Å².